The van der Waals surface area contributed by atoms with Crippen molar-refractivity contribution in [2.45, 2.75) is 32.6 Å². The van der Waals surface area contributed by atoms with Gasteiger partial charge in [0.2, 0.25) is 0 Å². The van der Waals surface area contributed by atoms with Crippen molar-refractivity contribution in [3.8, 4) is 22.4 Å². The minimum Gasteiger partial charge on any atom is -0.364 e. The highest BCUT2D eigenvalue weighted by atomic mass is 16.1. The Labute approximate surface area is 166 Å². The van der Waals surface area contributed by atoms with Gasteiger partial charge in [0.05, 0.1) is 23.0 Å². The highest BCUT2D eigenvalue weighted by molar-refractivity contribution is 6.05. The number of fused-ring (bicyclic) bond motifs is 2. The molecule has 0 atom stereocenters. The quantitative estimate of drug-likeness (QED) is 0.563. The number of nitrogens with one attached hydrogen (secondary N) is 2. The zero-order valence-electron chi connectivity index (χ0n) is 16.4. The van der Waals surface area contributed by atoms with E-state index in [4.69, 9.17) is 0 Å². The van der Waals surface area contributed by atoms with Gasteiger partial charge in [-0.2, -0.15) is 10.2 Å². The average molecular weight is 387 g/mol. The zero-order chi connectivity index (χ0) is 20.1. The van der Waals surface area contributed by atoms with Crippen LogP contribution >= 0.6 is 0 Å². The van der Waals surface area contributed by atoms with E-state index in [2.05, 4.69) is 20.3 Å². The molecule has 1 aliphatic carbocycles. The normalized spacial score (nSPS) is 13.8. The average Bonchev–Trinajstić information content (AvgIpc) is 3.32. The van der Waals surface area contributed by atoms with Crippen LogP contribution in [-0.4, -0.2) is 30.7 Å². The molecule has 0 bridgehead atoms. The Morgan fingerprint density at radius 1 is 1.14 bits per heavy atom. The Morgan fingerprint density at radius 2 is 2.00 bits per heavy atom. The molecule has 0 radical (unpaired) electrons. The van der Waals surface area contributed by atoms with Gasteiger partial charge in [-0.3, -0.25) is 14.3 Å². The minimum atomic E-state index is -0.194. The first kappa shape index (κ1) is 17.6. The molecule has 0 spiro atoms. The largest absolute Gasteiger partial charge is 0.364 e. The Bertz CT molecular complexity index is 1320. The number of rotatable bonds is 3. The Balaban J connectivity index is 1.74. The molecule has 5 rings (SSSR count). The van der Waals surface area contributed by atoms with Gasteiger partial charge in [0.1, 0.15) is 0 Å². The number of carbonyl (C=O) groups is 1. The lowest BCUT2D eigenvalue weighted by atomic mass is 9.91. The summed E-state index contributed by atoms with van der Waals surface area (Å²) in [6, 6.07) is 5.76. The summed E-state index contributed by atoms with van der Waals surface area (Å²) >= 11 is 0. The van der Waals surface area contributed by atoms with Gasteiger partial charge in [0.25, 0.3) is 5.56 Å². The third-order valence-corrected chi connectivity index (χ3v) is 5.78. The second kappa shape index (κ2) is 6.55. The summed E-state index contributed by atoms with van der Waals surface area (Å²) in [6.07, 6.45) is 6.80. The third-order valence-electron chi connectivity index (χ3n) is 5.78. The fourth-order valence-corrected chi connectivity index (χ4v) is 4.34. The van der Waals surface area contributed by atoms with Crippen LogP contribution in [0.1, 0.15) is 41.5 Å². The van der Waals surface area contributed by atoms with Crippen molar-refractivity contribution in [3.63, 3.8) is 0 Å². The third kappa shape index (κ3) is 2.65. The molecule has 0 saturated carbocycles. The van der Waals surface area contributed by atoms with Crippen molar-refractivity contribution in [1.82, 2.24) is 25.0 Å². The molecule has 3 aromatic heterocycles. The first-order valence-electron chi connectivity index (χ1n) is 9.86. The summed E-state index contributed by atoms with van der Waals surface area (Å²) in [7, 11) is 1.89. The van der Waals surface area contributed by atoms with Crippen molar-refractivity contribution < 1.29 is 4.79 Å². The molecule has 0 aliphatic heterocycles. The van der Waals surface area contributed by atoms with E-state index in [1.54, 1.807) is 0 Å². The second-order valence-electron chi connectivity index (χ2n) is 7.48. The van der Waals surface area contributed by atoms with Crippen LogP contribution in [0.25, 0.3) is 33.2 Å². The molecule has 29 heavy (non-hydrogen) atoms. The second-order valence-corrected chi connectivity index (χ2v) is 7.48. The fraction of sp³-hybridized carbons (Fsp3) is 0.273. The molecular weight excluding hydrogens is 366 g/mol. The van der Waals surface area contributed by atoms with E-state index in [0.29, 0.717) is 11.8 Å². The maximum absolute atomic E-state index is 12.6. The molecule has 0 unspecified atom stereocenters. The number of nitrogens with zero attached hydrogens (tertiary/aromatic N) is 3. The molecule has 0 fully saturated rings. The maximum Gasteiger partial charge on any atom is 0.272 e. The molecular formula is C22H21N5O2. The van der Waals surface area contributed by atoms with Crippen LogP contribution in [0.3, 0.4) is 0 Å². The molecule has 146 valence electrons. The van der Waals surface area contributed by atoms with Gasteiger partial charge in [0, 0.05) is 47.4 Å². The standard InChI is InChI=1S/C22H21N5O2/c1-3-17-14-9-12(7-8-13(14)22(29)26-25-17)15-11-24-27(2)21(15)16-10-23-18-5-4-6-19(28)20(16)18/h7-11,23H,3-6H2,1-2H3,(H,26,29). The van der Waals surface area contributed by atoms with Crippen LogP contribution in [-0.2, 0) is 19.9 Å². The van der Waals surface area contributed by atoms with Crippen LogP contribution < -0.4 is 5.56 Å². The zero-order valence-corrected chi connectivity index (χ0v) is 16.4. The van der Waals surface area contributed by atoms with Gasteiger partial charge in [-0.05, 0) is 37.0 Å². The van der Waals surface area contributed by atoms with E-state index >= 15 is 0 Å². The monoisotopic (exact) mass is 387 g/mol. The predicted molar refractivity (Wildman–Crippen MR) is 111 cm³/mol. The number of aromatic nitrogens is 5. The van der Waals surface area contributed by atoms with E-state index in [0.717, 1.165) is 64.0 Å². The smallest absolute Gasteiger partial charge is 0.272 e. The summed E-state index contributed by atoms with van der Waals surface area (Å²) in [4.78, 5) is 28.1. The number of carbonyl (C=O) groups excluding carboxylic acids is 1. The number of H-pyrrole nitrogens is 2. The number of benzene rings is 1. The van der Waals surface area contributed by atoms with E-state index in [9.17, 15) is 9.59 Å². The van der Waals surface area contributed by atoms with Crippen molar-refractivity contribution in [2.75, 3.05) is 0 Å². The topological polar surface area (TPSA) is 96.4 Å². The first-order chi connectivity index (χ1) is 14.1. The van der Waals surface area contributed by atoms with Gasteiger partial charge in [-0.15, -0.1) is 0 Å². The molecule has 1 aromatic carbocycles. The summed E-state index contributed by atoms with van der Waals surface area (Å²) in [6.45, 7) is 2.01. The number of aromatic amines is 2. The lowest BCUT2D eigenvalue weighted by Crippen LogP contribution is -2.11. The van der Waals surface area contributed by atoms with Gasteiger partial charge >= 0.3 is 0 Å². The van der Waals surface area contributed by atoms with Crippen molar-refractivity contribution >= 4 is 16.6 Å². The van der Waals surface area contributed by atoms with Crippen molar-refractivity contribution in [2.24, 2.45) is 7.05 Å². The van der Waals surface area contributed by atoms with Gasteiger partial charge < -0.3 is 4.98 Å². The SMILES string of the molecule is CCc1n[nH]c(=O)c2ccc(-c3cnn(C)c3-c3c[nH]c4c3C(=O)CCC4)cc12. The van der Waals surface area contributed by atoms with E-state index in [1.807, 2.05) is 49.2 Å². The highest BCUT2D eigenvalue weighted by Gasteiger charge is 2.26. The minimum absolute atomic E-state index is 0.178. The summed E-state index contributed by atoms with van der Waals surface area (Å²) in [5.41, 5.74) is 6.10. The van der Waals surface area contributed by atoms with Crippen LogP contribution in [0, 0.1) is 0 Å². The highest BCUT2D eigenvalue weighted by Crippen LogP contribution is 2.38. The number of hydrogen-bond acceptors (Lipinski definition) is 4. The van der Waals surface area contributed by atoms with Crippen LogP contribution in [0.15, 0.2) is 35.4 Å². The Hall–Kier alpha value is -3.48. The van der Waals surface area contributed by atoms with Crippen LogP contribution in [0.2, 0.25) is 0 Å². The first-order valence-corrected chi connectivity index (χ1v) is 9.86. The van der Waals surface area contributed by atoms with Gasteiger partial charge in [0.15, 0.2) is 5.78 Å². The number of aryl methyl sites for hydroxylation is 3. The Morgan fingerprint density at radius 3 is 2.83 bits per heavy atom. The summed E-state index contributed by atoms with van der Waals surface area (Å²) in [5, 5.41) is 12.7. The van der Waals surface area contributed by atoms with Crippen molar-refractivity contribution in [3.05, 3.63) is 57.9 Å². The molecule has 0 saturated heterocycles. The molecule has 0 amide bonds. The van der Waals surface area contributed by atoms with Gasteiger partial charge in [-0.25, -0.2) is 5.10 Å². The van der Waals surface area contributed by atoms with E-state index in [1.165, 1.54) is 0 Å². The summed E-state index contributed by atoms with van der Waals surface area (Å²) < 4.78 is 1.81. The number of ketones is 1. The van der Waals surface area contributed by atoms with Crippen LogP contribution in [0.5, 0.6) is 0 Å². The van der Waals surface area contributed by atoms with E-state index in [-0.39, 0.29) is 11.3 Å². The Kier molecular flexibility index (Phi) is 3.97. The lowest BCUT2D eigenvalue weighted by molar-refractivity contribution is 0.0973. The van der Waals surface area contributed by atoms with Crippen LogP contribution in [0.4, 0.5) is 0 Å². The van der Waals surface area contributed by atoms with E-state index < -0.39 is 0 Å². The molecule has 7 nitrogen and oxygen atoms in total. The molecule has 3 heterocycles. The summed E-state index contributed by atoms with van der Waals surface area (Å²) in [5.74, 6) is 0.178. The number of Topliss-reactive ketones (excluding diaryl/α,β-unsaturated/α-hetero) is 1. The predicted octanol–water partition coefficient (Wildman–Crippen LogP) is 3.40. The van der Waals surface area contributed by atoms with Crippen molar-refractivity contribution in [1.29, 1.82) is 0 Å². The molecule has 2 N–H and O–H groups in total. The molecule has 4 aromatic rings. The van der Waals surface area contributed by atoms with Gasteiger partial charge in [-0.1, -0.05) is 13.0 Å². The fourth-order valence-electron chi connectivity index (χ4n) is 4.34. The maximum atomic E-state index is 12.6. The number of hydrogen-bond donors (Lipinski definition) is 2. The lowest BCUT2D eigenvalue weighted by Gasteiger charge is -2.13. The molecule has 1 aliphatic rings. The molecule has 7 heteroatoms.